The Morgan fingerprint density at radius 2 is 0.632 bits per heavy atom. The molecule has 0 saturated carbocycles. The summed E-state index contributed by atoms with van der Waals surface area (Å²) < 4.78 is 9.68. The van der Waals surface area contributed by atoms with Crippen molar-refractivity contribution >= 4 is 54.9 Å². The van der Waals surface area contributed by atoms with Crippen LogP contribution in [0.2, 0.25) is 0 Å². The second kappa shape index (κ2) is 15.2. The topological polar surface area (TPSA) is 18.7 Å². The lowest BCUT2D eigenvalue weighted by Crippen LogP contribution is -1.98. The van der Waals surface area contributed by atoms with E-state index in [-0.39, 0.29) is 0 Å². The van der Waals surface area contributed by atoms with Crippen LogP contribution in [0.25, 0.3) is 122 Å². The number of rotatable bonds is 7. The molecule has 68 heavy (non-hydrogen) atoms. The highest BCUT2D eigenvalue weighted by atomic mass is 15.1. The van der Waals surface area contributed by atoms with Crippen LogP contribution in [0.4, 0.5) is 0 Å². The smallest absolute Gasteiger partial charge is 0.131 e. The quantitative estimate of drug-likeness (QED) is 0.152. The van der Waals surface area contributed by atoms with Gasteiger partial charge in [-0.1, -0.05) is 164 Å². The third-order valence-corrected chi connectivity index (χ3v) is 14.0. The maximum Gasteiger partial charge on any atom is 0.131 e. The normalized spacial score (nSPS) is 11.8. The van der Waals surface area contributed by atoms with Crippen molar-refractivity contribution < 1.29 is 0 Å². The largest absolute Gasteiger partial charge is 0.302 e. The lowest BCUT2D eigenvalue weighted by Gasteiger charge is -2.12. The Balaban J connectivity index is 1.05. The third-order valence-electron chi connectivity index (χ3n) is 14.0. The zero-order chi connectivity index (χ0) is 44.7. The fraction of sp³-hybridized carbons (Fsp3) is 0. The first-order valence-corrected chi connectivity index (χ1v) is 23.3. The molecule has 0 aliphatic heterocycles. The predicted octanol–water partition coefficient (Wildman–Crippen LogP) is 16.7. The molecule has 0 aliphatic rings. The average molecular weight is 867 g/mol. The van der Waals surface area contributed by atoms with E-state index >= 15 is 0 Å². The monoisotopic (exact) mass is 866 g/mol. The number of hydrogen-bond acceptors (Lipinski definition) is 0. The highest BCUT2D eigenvalue weighted by molar-refractivity contribution is 6.22. The van der Waals surface area contributed by atoms with Crippen LogP contribution in [-0.2, 0) is 0 Å². The molecule has 0 atom stereocenters. The summed E-state index contributed by atoms with van der Waals surface area (Å²) in [7, 11) is 0. The maximum atomic E-state index is 2.47. The molecular formula is C64H42N4. The standard InChI is InChI=1S/C64H42N4/c1-5-19-43(20-6-1)46-25-17-27-50(39-46)60-58-32-14-16-38-66(58)63-62(60)53-41-48(33-35-55(53)67(63)51-28-11-4-12-29-51)49-34-36-56-54(42-49)61-59(45-23-9-3-10-24-45)57-31-13-15-37-65(57)64(61)68(56)52-30-18-26-47(40-52)44-21-7-2-8-22-44/h1-42H. The second-order valence-corrected chi connectivity index (χ2v) is 17.8. The Kier molecular flexibility index (Phi) is 8.55. The molecule has 4 heteroatoms. The van der Waals surface area contributed by atoms with Crippen molar-refractivity contribution in [2.45, 2.75) is 0 Å². The first kappa shape index (κ1) is 38.2. The molecule has 0 radical (unpaired) electrons. The van der Waals surface area contributed by atoms with E-state index in [4.69, 9.17) is 0 Å². The van der Waals surface area contributed by atoms with Crippen molar-refractivity contribution in [1.29, 1.82) is 0 Å². The van der Waals surface area contributed by atoms with Gasteiger partial charge in [-0.3, -0.25) is 9.13 Å². The molecule has 14 aromatic rings. The van der Waals surface area contributed by atoms with Crippen LogP contribution in [0.15, 0.2) is 255 Å². The molecule has 4 nitrogen and oxygen atoms in total. The van der Waals surface area contributed by atoms with Gasteiger partial charge in [0.1, 0.15) is 11.3 Å². The number of aromatic nitrogens is 4. The van der Waals surface area contributed by atoms with Crippen LogP contribution in [0.5, 0.6) is 0 Å². The summed E-state index contributed by atoms with van der Waals surface area (Å²) in [6.07, 6.45) is 4.43. The number of fused-ring (bicyclic) bond motifs is 10. The number of hydrogen-bond donors (Lipinski definition) is 0. The summed E-state index contributed by atoms with van der Waals surface area (Å²) in [6.45, 7) is 0. The molecule has 318 valence electrons. The molecule has 0 amide bonds. The molecular weight excluding hydrogens is 825 g/mol. The van der Waals surface area contributed by atoms with Crippen molar-refractivity contribution in [2.75, 3.05) is 0 Å². The summed E-state index contributed by atoms with van der Waals surface area (Å²) in [5.41, 5.74) is 21.2. The summed E-state index contributed by atoms with van der Waals surface area (Å²) in [5, 5.41) is 4.90. The van der Waals surface area contributed by atoms with Gasteiger partial charge in [0.2, 0.25) is 0 Å². The summed E-state index contributed by atoms with van der Waals surface area (Å²) in [6, 6.07) is 88.4. The Hall–Kier alpha value is -9.12. The van der Waals surface area contributed by atoms with Gasteiger partial charge in [-0.05, 0) is 123 Å². The first-order valence-electron chi connectivity index (χ1n) is 23.3. The van der Waals surface area contributed by atoms with Crippen LogP contribution >= 0.6 is 0 Å². The molecule has 6 heterocycles. The molecule has 0 saturated heterocycles. The van der Waals surface area contributed by atoms with Crippen molar-refractivity contribution in [2.24, 2.45) is 0 Å². The van der Waals surface area contributed by atoms with E-state index in [1.54, 1.807) is 0 Å². The summed E-state index contributed by atoms with van der Waals surface area (Å²) in [4.78, 5) is 0. The lowest BCUT2D eigenvalue weighted by molar-refractivity contribution is 1.10. The third kappa shape index (κ3) is 5.81. The summed E-state index contributed by atoms with van der Waals surface area (Å²) in [5.74, 6) is 0. The molecule has 14 rings (SSSR count). The molecule has 6 aromatic heterocycles. The Bertz CT molecular complexity index is 4090. The van der Waals surface area contributed by atoms with Crippen LogP contribution in [0, 0.1) is 0 Å². The molecule has 8 aromatic carbocycles. The minimum absolute atomic E-state index is 1.12. The van der Waals surface area contributed by atoms with Gasteiger partial charge in [0.05, 0.1) is 22.1 Å². The molecule has 0 fully saturated rings. The Morgan fingerprint density at radius 3 is 1.19 bits per heavy atom. The fourth-order valence-corrected chi connectivity index (χ4v) is 11.0. The van der Waals surface area contributed by atoms with E-state index in [1.807, 2.05) is 0 Å². The van der Waals surface area contributed by atoms with Gasteiger partial charge in [0.15, 0.2) is 0 Å². The van der Waals surface area contributed by atoms with Crippen LogP contribution in [-0.4, -0.2) is 17.9 Å². The van der Waals surface area contributed by atoms with Gasteiger partial charge in [-0.2, -0.15) is 0 Å². The molecule has 0 N–H and O–H groups in total. The summed E-state index contributed by atoms with van der Waals surface area (Å²) >= 11 is 0. The minimum atomic E-state index is 1.12. The van der Waals surface area contributed by atoms with Gasteiger partial charge in [-0.25, -0.2) is 0 Å². The maximum absolute atomic E-state index is 2.47. The van der Waals surface area contributed by atoms with Crippen LogP contribution in [0.3, 0.4) is 0 Å². The van der Waals surface area contributed by atoms with Gasteiger partial charge in [0.25, 0.3) is 0 Å². The van der Waals surface area contributed by atoms with Crippen LogP contribution in [0.1, 0.15) is 0 Å². The van der Waals surface area contributed by atoms with E-state index in [1.165, 1.54) is 93.7 Å². The molecule has 0 unspecified atom stereocenters. The van der Waals surface area contributed by atoms with Crippen molar-refractivity contribution in [1.82, 2.24) is 17.9 Å². The van der Waals surface area contributed by atoms with E-state index in [2.05, 4.69) is 273 Å². The highest BCUT2D eigenvalue weighted by Gasteiger charge is 2.26. The van der Waals surface area contributed by atoms with Gasteiger partial charge < -0.3 is 8.80 Å². The Labute approximate surface area is 393 Å². The zero-order valence-corrected chi connectivity index (χ0v) is 37.0. The van der Waals surface area contributed by atoms with E-state index in [0.717, 1.165) is 28.2 Å². The lowest BCUT2D eigenvalue weighted by atomic mass is 9.96. The number of pyridine rings is 2. The highest BCUT2D eigenvalue weighted by Crippen LogP contribution is 2.47. The predicted molar refractivity (Wildman–Crippen MR) is 284 cm³/mol. The fourth-order valence-electron chi connectivity index (χ4n) is 11.0. The van der Waals surface area contributed by atoms with E-state index < -0.39 is 0 Å². The Morgan fingerprint density at radius 1 is 0.235 bits per heavy atom. The van der Waals surface area contributed by atoms with E-state index in [9.17, 15) is 0 Å². The SMILES string of the molecule is c1ccc(-c2cccc(-c3c4c5cc(-c6ccc7c(c6)c6c(-c8ccccc8)c8ccccn8c6n7-c6cccc(-c7ccccc7)c6)ccc5n(-c5ccccc5)c4n4ccccc34)c2)cc1. The molecule has 0 aliphatic carbocycles. The van der Waals surface area contributed by atoms with Gasteiger partial charge >= 0.3 is 0 Å². The minimum Gasteiger partial charge on any atom is -0.302 e. The van der Waals surface area contributed by atoms with Crippen molar-refractivity contribution in [3.63, 3.8) is 0 Å². The number of nitrogens with zero attached hydrogens (tertiary/aromatic N) is 4. The molecule has 0 spiro atoms. The van der Waals surface area contributed by atoms with Gasteiger partial charge in [0, 0.05) is 56.4 Å². The van der Waals surface area contributed by atoms with Crippen LogP contribution < -0.4 is 0 Å². The first-order chi connectivity index (χ1) is 33.8. The number of benzene rings is 8. The van der Waals surface area contributed by atoms with E-state index in [0.29, 0.717) is 0 Å². The average Bonchev–Trinajstić information content (AvgIpc) is 4.14. The number of para-hydroxylation sites is 1. The second-order valence-electron chi connectivity index (χ2n) is 17.8. The zero-order valence-electron chi connectivity index (χ0n) is 37.0. The van der Waals surface area contributed by atoms with Gasteiger partial charge in [-0.15, -0.1) is 0 Å². The van der Waals surface area contributed by atoms with Crippen molar-refractivity contribution in [3.8, 4) is 67.0 Å². The molecule has 0 bridgehead atoms. The van der Waals surface area contributed by atoms with Crippen molar-refractivity contribution in [3.05, 3.63) is 255 Å².